The molecule has 1 aromatic carbocycles. The molecule has 1 unspecified atom stereocenters. The number of hydrogen-bond acceptors (Lipinski definition) is 2. The van der Waals surface area contributed by atoms with Crippen LogP contribution in [0.15, 0.2) is 30.6 Å². The minimum absolute atomic E-state index is 0.513. The second kappa shape index (κ2) is 4.45. The van der Waals surface area contributed by atoms with Crippen LogP contribution in [-0.4, -0.2) is 14.9 Å². The van der Waals surface area contributed by atoms with Crippen LogP contribution in [-0.2, 0) is 0 Å². The SMILES string of the molecule is CC(O)c1ccc(-n2cc(Cl)cn2)cc1Cl. The molecule has 2 aromatic rings. The van der Waals surface area contributed by atoms with Crippen molar-refractivity contribution in [3.05, 3.63) is 46.2 Å². The summed E-state index contributed by atoms with van der Waals surface area (Å²) in [6.45, 7) is 1.67. The highest BCUT2D eigenvalue weighted by atomic mass is 35.5. The molecule has 1 atom stereocenters. The van der Waals surface area contributed by atoms with Crippen LogP contribution in [0.25, 0.3) is 5.69 Å². The van der Waals surface area contributed by atoms with Crippen LogP contribution in [0.1, 0.15) is 18.6 Å². The van der Waals surface area contributed by atoms with Crippen LogP contribution in [0, 0.1) is 0 Å². The Labute approximate surface area is 103 Å². The summed E-state index contributed by atoms with van der Waals surface area (Å²) >= 11 is 11.8. The van der Waals surface area contributed by atoms with E-state index in [0.717, 1.165) is 5.69 Å². The Morgan fingerprint density at radius 2 is 2.12 bits per heavy atom. The first-order valence-corrected chi connectivity index (χ1v) is 5.51. The number of hydrogen-bond donors (Lipinski definition) is 1. The van der Waals surface area contributed by atoms with E-state index in [1.165, 1.54) is 0 Å². The third-order valence-corrected chi connectivity index (χ3v) is 2.77. The number of aliphatic hydroxyl groups excluding tert-OH is 1. The molecule has 0 radical (unpaired) electrons. The van der Waals surface area contributed by atoms with E-state index < -0.39 is 6.10 Å². The van der Waals surface area contributed by atoms with E-state index in [-0.39, 0.29) is 0 Å². The van der Waals surface area contributed by atoms with E-state index in [1.807, 2.05) is 6.07 Å². The molecule has 84 valence electrons. The summed E-state index contributed by atoms with van der Waals surface area (Å²) < 4.78 is 1.63. The molecule has 0 bridgehead atoms. The highest BCUT2D eigenvalue weighted by molar-refractivity contribution is 6.31. The lowest BCUT2D eigenvalue weighted by molar-refractivity contribution is 0.199. The average Bonchev–Trinajstić information content (AvgIpc) is 2.64. The normalized spacial score (nSPS) is 12.8. The molecule has 1 aromatic heterocycles. The van der Waals surface area contributed by atoms with Gasteiger partial charge < -0.3 is 5.11 Å². The monoisotopic (exact) mass is 256 g/mol. The molecule has 2 rings (SSSR count). The number of nitrogens with zero attached hydrogens (tertiary/aromatic N) is 2. The third-order valence-electron chi connectivity index (χ3n) is 2.25. The van der Waals surface area contributed by atoms with Crippen molar-refractivity contribution in [3.8, 4) is 5.69 Å². The molecule has 0 aliphatic heterocycles. The first-order valence-electron chi connectivity index (χ1n) is 4.76. The van der Waals surface area contributed by atoms with Crippen LogP contribution >= 0.6 is 23.2 Å². The third kappa shape index (κ3) is 2.21. The average molecular weight is 257 g/mol. The lowest BCUT2D eigenvalue weighted by Gasteiger charge is -2.09. The summed E-state index contributed by atoms with van der Waals surface area (Å²) in [5.74, 6) is 0. The Bertz CT molecular complexity index is 508. The van der Waals surface area contributed by atoms with Crippen molar-refractivity contribution in [1.29, 1.82) is 0 Å². The van der Waals surface area contributed by atoms with E-state index in [2.05, 4.69) is 5.10 Å². The summed E-state index contributed by atoms with van der Waals surface area (Å²) in [5, 5.41) is 14.6. The van der Waals surface area contributed by atoms with Gasteiger partial charge in [0.1, 0.15) is 0 Å². The van der Waals surface area contributed by atoms with E-state index in [0.29, 0.717) is 15.6 Å². The van der Waals surface area contributed by atoms with Gasteiger partial charge in [-0.3, -0.25) is 0 Å². The predicted molar refractivity (Wildman–Crippen MR) is 64.2 cm³/mol. The summed E-state index contributed by atoms with van der Waals surface area (Å²) in [6.07, 6.45) is 2.66. The van der Waals surface area contributed by atoms with E-state index in [9.17, 15) is 5.11 Å². The van der Waals surface area contributed by atoms with Gasteiger partial charge in [0.25, 0.3) is 0 Å². The zero-order valence-corrected chi connectivity index (χ0v) is 10.1. The van der Waals surface area contributed by atoms with Gasteiger partial charge in [0.15, 0.2) is 0 Å². The van der Waals surface area contributed by atoms with Crippen LogP contribution in [0.2, 0.25) is 10.0 Å². The lowest BCUT2D eigenvalue weighted by Crippen LogP contribution is -1.97. The molecule has 0 fully saturated rings. The highest BCUT2D eigenvalue weighted by Gasteiger charge is 2.08. The highest BCUT2D eigenvalue weighted by Crippen LogP contribution is 2.25. The number of aliphatic hydroxyl groups is 1. The van der Waals surface area contributed by atoms with Gasteiger partial charge in [-0.2, -0.15) is 5.10 Å². The Hall–Kier alpha value is -1.03. The number of aromatic nitrogens is 2. The van der Waals surface area contributed by atoms with Gasteiger partial charge in [-0.1, -0.05) is 29.3 Å². The van der Waals surface area contributed by atoms with Crippen molar-refractivity contribution in [2.24, 2.45) is 0 Å². The molecule has 0 saturated heterocycles. The summed E-state index contributed by atoms with van der Waals surface area (Å²) in [5.41, 5.74) is 1.50. The fraction of sp³-hybridized carbons (Fsp3) is 0.182. The summed E-state index contributed by atoms with van der Waals surface area (Å²) in [6, 6.07) is 5.35. The molecular formula is C11H10Cl2N2O. The maximum atomic E-state index is 9.44. The van der Waals surface area contributed by atoms with Crippen molar-refractivity contribution >= 4 is 23.2 Å². The van der Waals surface area contributed by atoms with Crippen molar-refractivity contribution in [3.63, 3.8) is 0 Å². The van der Waals surface area contributed by atoms with Crippen molar-refractivity contribution in [1.82, 2.24) is 9.78 Å². The quantitative estimate of drug-likeness (QED) is 0.896. The molecule has 0 aliphatic carbocycles. The first kappa shape index (κ1) is 11.5. The first-order chi connectivity index (χ1) is 7.58. The molecule has 0 spiro atoms. The molecule has 0 aliphatic rings. The van der Waals surface area contributed by atoms with Gasteiger partial charge >= 0.3 is 0 Å². The zero-order valence-electron chi connectivity index (χ0n) is 8.56. The summed E-state index contributed by atoms with van der Waals surface area (Å²) in [4.78, 5) is 0. The van der Waals surface area contributed by atoms with Crippen molar-refractivity contribution < 1.29 is 5.11 Å². The summed E-state index contributed by atoms with van der Waals surface area (Å²) in [7, 11) is 0. The van der Waals surface area contributed by atoms with Crippen molar-refractivity contribution in [2.75, 3.05) is 0 Å². The zero-order chi connectivity index (χ0) is 11.7. The van der Waals surface area contributed by atoms with Crippen LogP contribution in [0.5, 0.6) is 0 Å². The standard InChI is InChI=1S/C11H10Cl2N2O/c1-7(16)10-3-2-9(4-11(10)13)15-6-8(12)5-14-15/h2-7,16H,1H3. The number of benzene rings is 1. The molecule has 0 saturated carbocycles. The van der Waals surface area contributed by atoms with E-state index in [1.54, 1.807) is 36.1 Å². The molecule has 1 N–H and O–H groups in total. The van der Waals surface area contributed by atoms with Crippen LogP contribution in [0.3, 0.4) is 0 Å². The number of halogens is 2. The van der Waals surface area contributed by atoms with Gasteiger partial charge in [-0.05, 0) is 24.6 Å². The molecule has 3 nitrogen and oxygen atoms in total. The minimum Gasteiger partial charge on any atom is -0.389 e. The Morgan fingerprint density at radius 1 is 1.38 bits per heavy atom. The van der Waals surface area contributed by atoms with E-state index >= 15 is 0 Å². The molecular weight excluding hydrogens is 247 g/mol. The van der Waals surface area contributed by atoms with Crippen LogP contribution in [0.4, 0.5) is 0 Å². The van der Waals surface area contributed by atoms with Crippen molar-refractivity contribution in [2.45, 2.75) is 13.0 Å². The minimum atomic E-state index is -0.581. The molecule has 0 amide bonds. The Balaban J connectivity index is 2.42. The van der Waals surface area contributed by atoms with Gasteiger partial charge in [0.05, 0.1) is 23.0 Å². The molecule has 1 heterocycles. The van der Waals surface area contributed by atoms with Crippen LogP contribution < -0.4 is 0 Å². The molecule has 16 heavy (non-hydrogen) atoms. The predicted octanol–water partition coefficient (Wildman–Crippen LogP) is 3.23. The van der Waals surface area contributed by atoms with Gasteiger partial charge in [-0.25, -0.2) is 4.68 Å². The number of rotatable bonds is 2. The Morgan fingerprint density at radius 3 is 2.62 bits per heavy atom. The van der Waals surface area contributed by atoms with Gasteiger partial charge in [-0.15, -0.1) is 0 Å². The second-order valence-corrected chi connectivity index (χ2v) is 4.33. The maximum Gasteiger partial charge on any atom is 0.0790 e. The largest absolute Gasteiger partial charge is 0.389 e. The van der Waals surface area contributed by atoms with Gasteiger partial charge in [0, 0.05) is 11.2 Å². The fourth-order valence-electron chi connectivity index (χ4n) is 1.44. The topological polar surface area (TPSA) is 38.0 Å². The second-order valence-electron chi connectivity index (χ2n) is 3.48. The smallest absolute Gasteiger partial charge is 0.0790 e. The van der Waals surface area contributed by atoms with Gasteiger partial charge in [0.2, 0.25) is 0 Å². The fourth-order valence-corrected chi connectivity index (χ4v) is 1.91. The molecule has 5 heteroatoms. The Kier molecular flexibility index (Phi) is 3.19. The lowest BCUT2D eigenvalue weighted by atomic mass is 10.1. The van der Waals surface area contributed by atoms with E-state index in [4.69, 9.17) is 23.2 Å². The maximum absolute atomic E-state index is 9.44.